The van der Waals surface area contributed by atoms with Crippen molar-refractivity contribution in [1.29, 1.82) is 0 Å². The molecule has 0 amide bonds. The van der Waals surface area contributed by atoms with Gasteiger partial charge in [-0.15, -0.1) is 0 Å². The third-order valence-corrected chi connectivity index (χ3v) is 7.03. The second kappa shape index (κ2) is 20.6. The number of halogens is 3. The lowest BCUT2D eigenvalue weighted by atomic mass is 10.0. The summed E-state index contributed by atoms with van der Waals surface area (Å²) in [6.07, 6.45) is -2.46. The summed E-state index contributed by atoms with van der Waals surface area (Å²) in [6, 6.07) is 21.5. The Bertz CT molecular complexity index is 1260. The van der Waals surface area contributed by atoms with Crippen LogP contribution in [0.2, 0.25) is 0 Å². The molecule has 1 aliphatic rings. The van der Waals surface area contributed by atoms with Gasteiger partial charge in [-0.25, -0.2) is 0 Å². The number of ketones is 1. The van der Waals surface area contributed by atoms with Gasteiger partial charge in [-0.1, -0.05) is 87.9 Å². The molecule has 1 fully saturated rings. The van der Waals surface area contributed by atoms with Crippen LogP contribution in [0.1, 0.15) is 86.5 Å². The van der Waals surface area contributed by atoms with Gasteiger partial charge in [0.1, 0.15) is 0 Å². The van der Waals surface area contributed by atoms with Gasteiger partial charge in [-0.3, -0.25) is 14.7 Å². The average Bonchev–Trinajstić information content (AvgIpc) is 3.02. The van der Waals surface area contributed by atoms with E-state index < -0.39 is 11.7 Å². The number of alkyl halides is 3. The van der Waals surface area contributed by atoms with Gasteiger partial charge in [0, 0.05) is 50.4 Å². The number of carbonyl (C=O) groups is 1. The minimum absolute atomic E-state index is 0.131. The van der Waals surface area contributed by atoms with Crippen molar-refractivity contribution < 1.29 is 18.0 Å². The first-order valence-corrected chi connectivity index (χ1v) is 15.7. The van der Waals surface area contributed by atoms with Crippen molar-refractivity contribution in [2.45, 2.75) is 80.4 Å². The van der Waals surface area contributed by atoms with Crippen LogP contribution in [0.4, 0.5) is 18.9 Å². The molecule has 4 rings (SSSR count). The van der Waals surface area contributed by atoms with E-state index in [-0.39, 0.29) is 17.8 Å². The number of aryl methyl sites for hydroxylation is 2. The fraction of sp³-hybridized carbons (Fsp3) is 0.459. The molecular weight excluding hydrogens is 559 g/mol. The maximum Gasteiger partial charge on any atom is 0.416 e. The van der Waals surface area contributed by atoms with Gasteiger partial charge in [0.05, 0.1) is 11.3 Å². The zero-order chi connectivity index (χ0) is 33.1. The van der Waals surface area contributed by atoms with E-state index in [1.54, 1.807) is 0 Å². The number of carbonyl (C=O) groups excluding carboxylic acids is 1. The van der Waals surface area contributed by atoms with Gasteiger partial charge in [0.2, 0.25) is 0 Å². The molecule has 0 radical (unpaired) electrons. The number of rotatable bonds is 7. The largest absolute Gasteiger partial charge is 0.416 e. The SMILES string of the molecule is CC.CCC(C)=Nc1cc(CN2CCN(C)CC2)ccc1C.CCCC(=O)c1cccc(C(F)(F)F)c1.Cc1ccccc1. The van der Waals surface area contributed by atoms with E-state index in [2.05, 4.69) is 74.9 Å². The molecule has 7 heteroatoms. The van der Waals surface area contributed by atoms with E-state index in [4.69, 9.17) is 4.99 Å². The van der Waals surface area contributed by atoms with Crippen molar-refractivity contribution in [1.82, 2.24) is 9.80 Å². The fourth-order valence-electron chi connectivity index (χ4n) is 4.20. The van der Waals surface area contributed by atoms with Crippen LogP contribution in [0.15, 0.2) is 77.8 Å². The molecule has 0 saturated carbocycles. The minimum Gasteiger partial charge on any atom is -0.304 e. The highest BCUT2D eigenvalue weighted by Gasteiger charge is 2.30. The number of hydrogen-bond acceptors (Lipinski definition) is 4. The monoisotopic (exact) mass is 611 g/mol. The Hall–Kier alpha value is -3.29. The molecule has 0 unspecified atom stereocenters. The van der Waals surface area contributed by atoms with Gasteiger partial charge in [0.25, 0.3) is 0 Å². The van der Waals surface area contributed by atoms with E-state index in [9.17, 15) is 18.0 Å². The quantitative estimate of drug-likeness (QED) is 0.197. The van der Waals surface area contributed by atoms with Gasteiger partial charge in [0.15, 0.2) is 5.78 Å². The van der Waals surface area contributed by atoms with Crippen LogP contribution in [0.5, 0.6) is 0 Å². The van der Waals surface area contributed by atoms with E-state index in [1.165, 1.54) is 47.6 Å². The molecular formula is C37H52F3N3O. The molecule has 44 heavy (non-hydrogen) atoms. The van der Waals surface area contributed by atoms with E-state index in [0.29, 0.717) is 6.42 Å². The summed E-state index contributed by atoms with van der Waals surface area (Å²) in [7, 11) is 2.20. The van der Waals surface area contributed by atoms with Gasteiger partial charge >= 0.3 is 6.18 Å². The number of nitrogens with zero attached hydrogens (tertiary/aromatic N) is 3. The number of Topliss-reactive ketones (excluding diaryl/α,β-unsaturated/α-hetero) is 1. The normalized spacial score (nSPS) is 13.8. The van der Waals surface area contributed by atoms with Crippen molar-refractivity contribution in [3.8, 4) is 0 Å². The lowest BCUT2D eigenvalue weighted by Gasteiger charge is -2.32. The molecule has 0 spiro atoms. The number of likely N-dealkylation sites (N-methyl/N-ethyl adjacent to an activating group) is 1. The maximum absolute atomic E-state index is 12.3. The number of hydrogen-bond donors (Lipinski definition) is 0. The second-order valence-electron chi connectivity index (χ2n) is 10.8. The Kier molecular flexibility index (Phi) is 18.2. The Balaban J connectivity index is 0.000000353. The molecule has 0 N–H and O–H groups in total. The lowest BCUT2D eigenvalue weighted by molar-refractivity contribution is -0.137. The van der Waals surface area contributed by atoms with Crippen LogP contribution in [0, 0.1) is 13.8 Å². The van der Waals surface area contributed by atoms with Crippen molar-refractivity contribution in [2.75, 3.05) is 33.2 Å². The molecule has 0 atom stereocenters. The molecule has 1 heterocycles. The van der Waals surface area contributed by atoms with Crippen molar-refractivity contribution in [3.05, 3.63) is 101 Å². The van der Waals surface area contributed by atoms with Crippen LogP contribution in [0.25, 0.3) is 0 Å². The number of benzene rings is 3. The highest BCUT2D eigenvalue weighted by molar-refractivity contribution is 5.96. The highest BCUT2D eigenvalue weighted by Crippen LogP contribution is 2.29. The molecule has 4 nitrogen and oxygen atoms in total. The molecule has 3 aromatic carbocycles. The first-order valence-electron chi connectivity index (χ1n) is 15.7. The molecule has 242 valence electrons. The predicted octanol–water partition coefficient (Wildman–Crippen LogP) is 9.95. The first-order chi connectivity index (χ1) is 20.9. The van der Waals surface area contributed by atoms with Crippen LogP contribution >= 0.6 is 0 Å². The maximum atomic E-state index is 12.3. The number of piperazine rings is 1. The lowest BCUT2D eigenvalue weighted by Crippen LogP contribution is -2.43. The second-order valence-corrected chi connectivity index (χ2v) is 10.8. The number of aliphatic imine (C=N–C) groups is 1. The summed E-state index contributed by atoms with van der Waals surface area (Å²) in [6.45, 7) is 20.0. The van der Waals surface area contributed by atoms with E-state index in [0.717, 1.165) is 43.9 Å². The Morgan fingerprint density at radius 1 is 0.864 bits per heavy atom. The van der Waals surface area contributed by atoms with Crippen LogP contribution in [0.3, 0.4) is 0 Å². The van der Waals surface area contributed by atoms with Gasteiger partial charge < -0.3 is 4.90 Å². The minimum atomic E-state index is -4.39. The topological polar surface area (TPSA) is 35.9 Å². The molecule has 1 aliphatic heterocycles. The van der Waals surface area contributed by atoms with Crippen molar-refractivity contribution in [3.63, 3.8) is 0 Å². The van der Waals surface area contributed by atoms with Crippen LogP contribution in [-0.2, 0) is 12.7 Å². The summed E-state index contributed by atoms with van der Waals surface area (Å²) in [5.74, 6) is -0.247. The zero-order valence-electron chi connectivity index (χ0n) is 28.0. The smallest absolute Gasteiger partial charge is 0.304 e. The highest BCUT2D eigenvalue weighted by atomic mass is 19.4. The Morgan fingerprint density at radius 2 is 1.50 bits per heavy atom. The third kappa shape index (κ3) is 14.9. The molecule has 0 aliphatic carbocycles. The summed E-state index contributed by atoms with van der Waals surface area (Å²) < 4.78 is 36.9. The molecule has 0 aromatic heterocycles. The zero-order valence-corrected chi connectivity index (χ0v) is 28.0. The molecule has 1 saturated heterocycles. The summed E-state index contributed by atoms with van der Waals surface area (Å²) >= 11 is 0. The molecule has 3 aromatic rings. The van der Waals surface area contributed by atoms with Gasteiger partial charge in [-0.2, -0.15) is 13.2 Å². The fourth-order valence-corrected chi connectivity index (χ4v) is 4.20. The van der Waals surface area contributed by atoms with Crippen LogP contribution < -0.4 is 0 Å². The standard InChI is InChI=1S/C17H27N3.C11H11F3O.C7H8.C2H6/c1-5-15(3)18-17-12-16(7-6-14(17)2)13-20-10-8-19(4)9-11-20;1-2-4-10(15)8-5-3-6-9(7-8)11(12,13)14;1-7-5-3-2-4-6-7;1-2/h6-7,12H,5,8-11,13H2,1-4H3;3,5-7H,2,4H2,1H3;2-6H,1H3;1-2H3. The Labute approximate surface area is 264 Å². The average molecular weight is 612 g/mol. The van der Waals surface area contributed by atoms with Gasteiger partial charge in [-0.05, 0) is 70.0 Å². The summed E-state index contributed by atoms with van der Waals surface area (Å²) in [4.78, 5) is 21.0. The Morgan fingerprint density at radius 3 is 2.02 bits per heavy atom. The first kappa shape index (κ1) is 38.7. The summed E-state index contributed by atoms with van der Waals surface area (Å²) in [5, 5.41) is 0. The van der Waals surface area contributed by atoms with Crippen molar-refractivity contribution >= 4 is 17.2 Å². The van der Waals surface area contributed by atoms with Crippen LogP contribution in [-0.4, -0.2) is 54.5 Å². The van der Waals surface area contributed by atoms with Crippen molar-refractivity contribution in [2.24, 2.45) is 4.99 Å². The predicted molar refractivity (Wildman–Crippen MR) is 180 cm³/mol. The third-order valence-electron chi connectivity index (χ3n) is 7.03. The van der Waals surface area contributed by atoms with E-state index in [1.807, 2.05) is 39.0 Å². The molecule has 0 bridgehead atoms. The van der Waals surface area contributed by atoms with E-state index >= 15 is 0 Å². The summed E-state index contributed by atoms with van der Waals surface area (Å²) in [5.41, 5.74) is 5.65.